The summed E-state index contributed by atoms with van der Waals surface area (Å²) in [6, 6.07) is 7.55. The van der Waals surface area contributed by atoms with Gasteiger partial charge in [-0.25, -0.2) is 8.42 Å². The van der Waals surface area contributed by atoms with Crippen molar-refractivity contribution in [1.29, 1.82) is 5.26 Å². The first-order valence-electron chi connectivity index (χ1n) is 6.45. The highest BCUT2D eigenvalue weighted by atomic mass is 32.2. The Hall–Kier alpha value is -1.91. The van der Waals surface area contributed by atoms with E-state index >= 15 is 0 Å². The Kier molecular flexibility index (Phi) is 5.88. The third kappa shape index (κ3) is 5.17. The standard InChI is InChI=1S/C14H18N2O4S/c1-11(2)16(10-14(17)18)7-8-21(19,20)13-5-3-12(9-15)4-6-13/h3-6,11H,7-8,10H2,1-2H3,(H,17,18). The van der Waals surface area contributed by atoms with Crippen molar-refractivity contribution in [3.05, 3.63) is 29.8 Å². The van der Waals surface area contributed by atoms with E-state index in [-0.39, 0.29) is 29.8 Å². The van der Waals surface area contributed by atoms with Crippen LogP contribution in [0, 0.1) is 11.3 Å². The second-order valence-electron chi connectivity index (χ2n) is 4.91. The van der Waals surface area contributed by atoms with Crippen molar-refractivity contribution in [2.45, 2.75) is 24.8 Å². The van der Waals surface area contributed by atoms with Gasteiger partial charge in [-0.3, -0.25) is 9.69 Å². The minimum Gasteiger partial charge on any atom is -0.480 e. The van der Waals surface area contributed by atoms with Gasteiger partial charge in [0.15, 0.2) is 9.84 Å². The molecule has 1 aromatic carbocycles. The molecule has 1 aromatic rings. The van der Waals surface area contributed by atoms with Crippen LogP contribution in [0.25, 0.3) is 0 Å². The fourth-order valence-electron chi connectivity index (χ4n) is 1.79. The topological polar surface area (TPSA) is 98.5 Å². The Morgan fingerprint density at radius 2 is 1.90 bits per heavy atom. The third-order valence-electron chi connectivity index (χ3n) is 3.06. The van der Waals surface area contributed by atoms with E-state index in [0.717, 1.165) is 0 Å². The van der Waals surface area contributed by atoms with Gasteiger partial charge in [-0.15, -0.1) is 0 Å². The molecule has 6 nitrogen and oxygen atoms in total. The Morgan fingerprint density at radius 1 is 1.33 bits per heavy atom. The van der Waals surface area contributed by atoms with E-state index in [1.165, 1.54) is 24.3 Å². The van der Waals surface area contributed by atoms with Crippen LogP contribution in [-0.2, 0) is 14.6 Å². The number of hydrogen-bond donors (Lipinski definition) is 1. The maximum absolute atomic E-state index is 12.2. The van der Waals surface area contributed by atoms with Crippen LogP contribution < -0.4 is 0 Å². The second-order valence-corrected chi connectivity index (χ2v) is 7.02. The van der Waals surface area contributed by atoms with Crippen LogP contribution in [0.1, 0.15) is 19.4 Å². The third-order valence-corrected chi connectivity index (χ3v) is 4.77. The molecule has 0 unspecified atom stereocenters. The van der Waals surface area contributed by atoms with Crippen LogP contribution >= 0.6 is 0 Å². The first-order valence-corrected chi connectivity index (χ1v) is 8.10. The van der Waals surface area contributed by atoms with E-state index in [1.54, 1.807) is 4.90 Å². The zero-order valence-corrected chi connectivity index (χ0v) is 12.8. The largest absolute Gasteiger partial charge is 0.480 e. The quantitative estimate of drug-likeness (QED) is 0.810. The Balaban J connectivity index is 2.79. The lowest BCUT2D eigenvalue weighted by Gasteiger charge is -2.24. The summed E-state index contributed by atoms with van der Waals surface area (Å²) in [6.07, 6.45) is 0. The average molecular weight is 310 g/mol. The normalized spacial score (nSPS) is 11.6. The van der Waals surface area contributed by atoms with Gasteiger partial charge in [0.05, 0.1) is 28.8 Å². The lowest BCUT2D eigenvalue weighted by atomic mass is 10.2. The Morgan fingerprint density at radius 3 is 2.33 bits per heavy atom. The molecule has 1 rings (SSSR count). The zero-order chi connectivity index (χ0) is 16.0. The summed E-state index contributed by atoms with van der Waals surface area (Å²) < 4.78 is 24.4. The molecule has 0 fully saturated rings. The fraction of sp³-hybridized carbons (Fsp3) is 0.429. The first kappa shape index (κ1) is 17.1. The molecule has 0 saturated carbocycles. The van der Waals surface area contributed by atoms with Gasteiger partial charge in [0, 0.05) is 12.6 Å². The minimum absolute atomic E-state index is 0.0581. The first-order chi connectivity index (χ1) is 9.76. The molecule has 0 saturated heterocycles. The van der Waals surface area contributed by atoms with Crippen molar-refractivity contribution >= 4 is 15.8 Å². The molecule has 1 N–H and O–H groups in total. The molecule has 0 heterocycles. The van der Waals surface area contributed by atoms with Gasteiger partial charge in [-0.1, -0.05) is 0 Å². The fourth-order valence-corrected chi connectivity index (χ4v) is 3.05. The van der Waals surface area contributed by atoms with Gasteiger partial charge in [0.2, 0.25) is 0 Å². The van der Waals surface area contributed by atoms with Crippen LogP contribution in [-0.4, -0.2) is 49.3 Å². The molecular formula is C14H18N2O4S. The maximum Gasteiger partial charge on any atom is 0.317 e. The molecule has 0 aliphatic rings. The summed E-state index contributed by atoms with van der Waals surface area (Å²) in [5.41, 5.74) is 0.392. The van der Waals surface area contributed by atoms with Crippen LogP contribution in [0.4, 0.5) is 0 Å². The highest BCUT2D eigenvalue weighted by Gasteiger charge is 2.19. The van der Waals surface area contributed by atoms with Gasteiger partial charge in [-0.05, 0) is 38.1 Å². The van der Waals surface area contributed by atoms with Crippen molar-refractivity contribution in [2.75, 3.05) is 18.8 Å². The van der Waals surface area contributed by atoms with E-state index in [2.05, 4.69) is 0 Å². The van der Waals surface area contributed by atoms with E-state index in [4.69, 9.17) is 10.4 Å². The van der Waals surface area contributed by atoms with Crippen LogP contribution in [0.5, 0.6) is 0 Å². The number of hydrogen-bond acceptors (Lipinski definition) is 5. The van der Waals surface area contributed by atoms with Crippen LogP contribution in [0.3, 0.4) is 0 Å². The number of carboxylic acid groups (broad SMARTS) is 1. The summed E-state index contributed by atoms with van der Waals surface area (Å²) in [5, 5.41) is 17.5. The predicted octanol–water partition coefficient (Wildman–Crippen LogP) is 1.13. The molecule has 114 valence electrons. The molecule has 0 amide bonds. The SMILES string of the molecule is CC(C)N(CCS(=O)(=O)c1ccc(C#N)cc1)CC(=O)O. The summed E-state index contributed by atoms with van der Waals surface area (Å²) in [5.74, 6) is -1.15. The lowest BCUT2D eigenvalue weighted by molar-refractivity contribution is -0.138. The van der Waals surface area contributed by atoms with Crippen molar-refractivity contribution in [1.82, 2.24) is 4.90 Å². The van der Waals surface area contributed by atoms with Gasteiger partial charge >= 0.3 is 5.97 Å². The Labute approximate surface area is 124 Å². The number of rotatable bonds is 7. The number of benzene rings is 1. The molecule has 0 aromatic heterocycles. The number of carbonyl (C=O) groups is 1. The number of aliphatic carboxylic acids is 1. The number of nitrogens with zero attached hydrogens (tertiary/aromatic N) is 2. The molecule has 0 bridgehead atoms. The smallest absolute Gasteiger partial charge is 0.317 e. The number of carboxylic acids is 1. The molecule has 0 aliphatic heterocycles. The van der Waals surface area contributed by atoms with E-state index in [9.17, 15) is 13.2 Å². The number of nitriles is 1. The molecule has 0 spiro atoms. The summed E-state index contributed by atoms with van der Waals surface area (Å²) in [6.45, 7) is 3.58. The minimum atomic E-state index is -3.49. The van der Waals surface area contributed by atoms with Crippen molar-refractivity contribution in [2.24, 2.45) is 0 Å². The molecule has 0 aliphatic carbocycles. The molecule has 0 radical (unpaired) electrons. The van der Waals surface area contributed by atoms with Crippen molar-refractivity contribution in [3.63, 3.8) is 0 Å². The highest BCUT2D eigenvalue weighted by Crippen LogP contribution is 2.13. The molecular weight excluding hydrogens is 292 g/mol. The monoisotopic (exact) mass is 310 g/mol. The Bertz CT molecular complexity index is 630. The summed E-state index contributed by atoms with van der Waals surface area (Å²) >= 11 is 0. The van der Waals surface area contributed by atoms with Gasteiger partial charge in [-0.2, -0.15) is 5.26 Å². The summed E-state index contributed by atoms with van der Waals surface area (Å²) in [4.78, 5) is 12.5. The highest BCUT2D eigenvalue weighted by molar-refractivity contribution is 7.91. The van der Waals surface area contributed by atoms with Crippen molar-refractivity contribution in [3.8, 4) is 6.07 Å². The zero-order valence-electron chi connectivity index (χ0n) is 12.0. The molecule has 7 heteroatoms. The summed E-state index contributed by atoms with van der Waals surface area (Å²) in [7, 11) is -3.49. The van der Waals surface area contributed by atoms with Crippen LogP contribution in [0.2, 0.25) is 0 Å². The van der Waals surface area contributed by atoms with Gasteiger partial charge in [0.1, 0.15) is 0 Å². The van der Waals surface area contributed by atoms with Gasteiger partial charge < -0.3 is 5.11 Å². The van der Waals surface area contributed by atoms with Crippen molar-refractivity contribution < 1.29 is 18.3 Å². The van der Waals surface area contributed by atoms with E-state index in [0.29, 0.717) is 5.56 Å². The number of sulfone groups is 1. The van der Waals surface area contributed by atoms with E-state index in [1.807, 2.05) is 19.9 Å². The van der Waals surface area contributed by atoms with Gasteiger partial charge in [0.25, 0.3) is 0 Å². The van der Waals surface area contributed by atoms with Crippen LogP contribution in [0.15, 0.2) is 29.2 Å². The molecule has 0 atom stereocenters. The molecule has 21 heavy (non-hydrogen) atoms. The average Bonchev–Trinajstić information content (AvgIpc) is 2.43. The second kappa shape index (κ2) is 7.20. The lowest BCUT2D eigenvalue weighted by Crippen LogP contribution is -2.38. The van der Waals surface area contributed by atoms with E-state index < -0.39 is 15.8 Å². The predicted molar refractivity (Wildman–Crippen MR) is 77.6 cm³/mol. The maximum atomic E-state index is 12.2.